The summed E-state index contributed by atoms with van der Waals surface area (Å²) < 4.78 is 6.44. The van der Waals surface area contributed by atoms with Crippen LogP contribution in [-0.2, 0) is 20.9 Å². The van der Waals surface area contributed by atoms with Crippen molar-refractivity contribution < 1.29 is 14.3 Å². The van der Waals surface area contributed by atoms with Crippen LogP contribution in [0.1, 0.15) is 52.0 Å². The second kappa shape index (κ2) is 11.3. The van der Waals surface area contributed by atoms with E-state index < -0.39 is 10.8 Å². The highest BCUT2D eigenvalue weighted by Gasteiger charge is 2.32. The van der Waals surface area contributed by atoms with Gasteiger partial charge in [0.1, 0.15) is 12.0 Å². The molecule has 1 N–H and O–H groups in total. The Kier molecular flexibility index (Phi) is 9.09. The van der Waals surface area contributed by atoms with E-state index in [2.05, 4.69) is 28.2 Å². The van der Waals surface area contributed by atoms with Crippen LogP contribution >= 0.6 is 15.9 Å². The average Bonchev–Trinajstić information content (AvgIpc) is 2.73. The number of halogens is 1. The number of hydrogen-bond donors (Lipinski definition) is 1. The smallest absolute Gasteiger partial charge is 0.319 e. The molecule has 0 radical (unpaired) electrons. The molecular weight excluding hydrogens is 442 g/mol. The van der Waals surface area contributed by atoms with Gasteiger partial charge in [-0.15, -0.1) is 0 Å². The lowest BCUT2D eigenvalue weighted by molar-refractivity contribution is -0.151. The maximum absolute atomic E-state index is 12.9. The van der Waals surface area contributed by atoms with Crippen LogP contribution in [0, 0.1) is 10.8 Å². The van der Waals surface area contributed by atoms with Crippen LogP contribution in [0.15, 0.2) is 65.2 Å². The summed E-state index contributed by atoms with van der Waals surface area (Å²) in [5.41, 5.74) is -0.371. The normalized spacial score (nSPS) is 25.4. The SMILES string of the molecule is CCCCCC(=O)NCC1(C)C=C(Br)/C=C\C(C)(C(=O)OCc2ccccc2)/C=C\1. The van der Waals surface area contributed by atoms with E-state index in [4.69, 9.17) is 4.74 Å². The van der Waals surface area contributed by atoms with E-state index in [0.29, 0.717) is 13.0 Å². The first-order valence-corrected chi connectivity index (χ1v) is 11.3. The van der Waals surface area contributed by atoms with Crippen LogP contribution in [0.2, 0.25) is 0 Å². The summed E-state index contributed by atoms with van der Waals surface area (Å²) in [6.45, 7) is 6.69. The van der Waals surface area contributed by atoms with Crippen LogP contribution in [0.25, 0.3) is 0 Å². The minimum Gasteiger partial charge on any atom is -0.460 e. The number of allylic oxidation sites excluding steroid dienone is 2. The van der Waals surface area contributed by atoms with Crippen molar-refractivity contribution in [2.75, 3.05) is 6.54 Å². The van der Waals surface area contributed by atoms with Crippen LogP contribution < -0.4 is 5.32 Å². The first-order valence-electron chi connectivity index (χ1n) is 10.5. The third kappa shape index (κ3) is 7.60. The molecule has 4 nitrogen and oxygen atoms in total. The minimum atomic E-state index is -0.894. The fourth-order valence-electron chi connectivity index (χ4n) is 3.12. The van der Waals surface area contributed by atoms with Gasteiger partial charge in [-0.25, -0.2) is 0 Å². The number of benzene rings is 1. The highest BCUT2D eigenvalue weighted by Crippen LogP contribution is 2.33. The zero-order valence-electron chi connectivity index (χ0n) is 18.1. The van der Waals surface area contributed by atoms with E-state index in [9.17, 15) is 9.59 Å². The van der Waals surface area contributed by atoms with Crippen molar-refractivity contribution in [1.29, 1.82) is 0 Å². The molecule has 1 aliphatic carbocycles. The van der Waals surface area contributed by atoms with E-state index in [1.165, 1.54) is 0 Å². The number of ether oxygens (including phenoxy) is 1. The quantitative estimate of drug-likeness (QED) is 0.278. The Morgan fingerprint density at radius 2 is 1.80 bits per heavy atom. The Hall–Kier alpha value is -2.14. The van der Waals surface area contributed by atoms with Gasteiger partial charge in [0.15, 0.2) is 0 Å². The van der Waals surface area contributed by atoms with E-state index in [-0.39, 0.29) is 18.5 Å². The lowest BCUT2D eigenvalue weighted by Gasteiger charge is -2.28. The number of unbranched alkanes of at least 4 members (excludes halogenated alkanes) is 2. The summed E-state index contributed by atoms with van der Waals surface area (Å²) in [7, 11) is 0. The maximum Gasteiger partial charge on any atom is 0.319 e. The molecule has 30 heavy (non-hydrogen) atoms. The summed E-state index contributed by atoms with van der Waals surface area (Å²) in [6.07, 6.45) is 13.2. The first-order chi connectivity index (χ1) is 14.3. The molecule has 0 saturated carbocycles. The lowest BCUT2D eigenvalue weighted by Crippen LogP contribution is -2.35. The topological polar surface area (TPSA) is 55.4 Å². The average molecular weight is 474 g/mol. The van der Waals surface area contributed by atoms with Crippen LogP contribution in [-0.4, -0.2) is 18.4 Å². The number of nitrogens with one attached hydrogen (secondary N) is 1. The molecule has 2 rings (SSSR count). The van der Waals surface area contributed by atoms with E-state index in [0.717, 1.165) is 29.3 Å². The molecule has 0 saturated heterocycles. The van der Waals surface area contributed by atoms with E-state index >= 15 is 0 Å². The van der Waals surface area contributed by atoms with Crippen LogP contribution in [0.4, 0.5) is 0 Å². The van der Waals surface area contributed by atoms with Gasteiger partial charge >= 0.3 is 5.97 Å². The molecule has 1 amide bonds. The molecule has 1 aliphatic rings. The zero-order valence-corrected chi connectivity index (χ0v) is 19.7. The second-order valence-electron chi connectivity index (χ2n) is 8.28. The van der Waals surface area contributed by atoms with Gasteiger partial charge in [0.25, 0.3) is 0 Å². The summed E-state index contributed by atoms with van der Waals surface area (Å²) in [4.78, 5) is 25.0. The van der Waals surface area contributed by atoms with Crippen molar-refractivity contribution in [2.45, 2.75) is 53.1 Å². The fraction of sp³-hybridized carbons (Fsp3) is 0.440. The summed E-state index contributed by atoms with van der Waals surface area (Å²) >= 11 is 3.56. The molecule has 2 unspecified atom stereocenters. The molecule has 0 aliphatic heterocycles. The van der Waals surface area contributed by atoms with Gasteiger partial charge in [-0.3, -0.25) is 9.59 Å². The van der Waals surface area contributed by atoms with Gasteiger partial charge in [-0.2, -0.15) is 0 Å². The fourth-order valence-corrected chi connectivity index (χ4v) is 3.78. The van der Waals surface area contributed by atoms with Crippen molar-refractivity contribution in [1.82, 2.24) is 5.32 Å². The maximum atomic E-state index is 12.9. The molecule has 5 heteroatoms. The van der Waals surface area contributed by atoms with E-state index in [1.807, 2.05) is 74.6 Å². The minimum absolute atomic E-state index is 0.0604. The number of esters is 1. The highest BCUT2D eigenvalue weighted by atomic mass is 79.9. The molecule has 162 valence electrons. The molecule has 0 heterocycles. The standard InChI is InChI=1S/C25H32BrNO3/c1-4-5-7-12-22(28)27-19-24(2)15-16-25(3,14-13-21(26)17-24)23(29)30-18-20-10-8-6-9-11-20/h6,8-11,13-17H,4-5,7,12,18-19H2,1-3H3,(H,27,28)/b14-13-,16-15-,21-17?. The van der Waals surface area contributed by atoms with Crippen molar-refractivity contribution >= 4 is 27.8 Å². The van der Waals surface area contributed by atoms with E-state index in [1.54, 1.807) is 0 Å². The van der Waals surface area contributed by atoms with Crippen molar-refractivity contribution in [2.24, 2.45) is 10.8 Å². The number of hydrogen-bond acceptors (Lipinski definition) is 3. The summed E-state index contributed by atoms with van der Waals surface area (Å²) in [6, 6.07) is 9.63. The number of carbonyl (C=O) groups excluding carboxylic acids is 2. The Morgan fingerprint density at radius 1 is 1.07 bits per heavy atom. The van der Waals surface area contributed by atoms with Gasteiger partial charge in [0, 0.05) is 22.9 Å². The molecule has 1 aromatic rings. The molecule has 0 fully saturated rings. The third-order valence-electron chi connectivity index (χ3n) is 5.19. The molecular formula is C25H32BrNO3. The first kappa shape index (κ1) is 24.1. The van der Waals surface area contributed by atoms with Crippen LogP contribution in [0.3, 0.4) is 0 Å². The predicted molar refractivity (Wildman–Crippen MR) is 125 cm³/mol. The number of amides is 1. The van der Waals surface area contributed by atoms with Gasteiger partial charge < -0.3 is 10.1 Å². The second-order valence-corrected chi connectivity index (χ2v) is 9.20. The molecule has 0 bridgehead atoms. The predicted octanol–water partition coefficient (Wildman–Crippen LogP) is 5.84. The zero-order chi connectivity index (χ0) is 22.0. The Balaban J connectivity index is 2.06. The number of carbonyl (C=O) groups is 2. The molecule has 0 aromatic heterocycles. The Bertz CT molecular complexity index is 815. The van der Waals surface area contributed by atoms with Crippen molar-refractivity contribution in [3.8, 4) is 0 Å². The van der Waals surface area contributed by atoms with Gasteiger partial charge in [-0.05, 0) is 18.9 Å². The summed E-state index contributed by atoms with van der Waals surface area (Å²) in [5.74, 6) is -0.253. The largest absolute Gasteiger partial charge is 0.460 e. The van der Waals surface area contributed by atoms with Crippen molar-refractivity contribution in [3.63, 3.8) is 0 Å². The van der Waals surface area contributed by atoms with Gasteiger partial charge in [-0.1, -0.05) is 103 Å². The highest BCUT2D eigenvalue weighted by molar-refractivity contribution is 9.11. The van der Waals surface area contributed by atoms with Crippen LogP contribution in [0.5, 0.6) is 0 Å². The molecule has 2 atom stereocenters. The van der Waals surface area contributed by atoms with Crippen molar-refractivity contribution in [3.05, 3.63) is 70.8 Å². The monoisotopic (exact) mass is 473 g/mol. The van der Waals surface area contributed by atoms with Gasteiger partial charge in [0.05, 0.1) is 0 Å². The third-order valence-corrected chi connectivity index (χ3v) is 5.69. The molecule has 0 spiro atoms. The lowest BCUT2D eigenvalue weighted by atomic mass is 9.81. The van der Waals surface area contributed by atoms with Gasteiger partial charge in [0.2, 0.25) is 5.91 Å². The number of rotatable bonds is 9. The Labute approximate surface area is 188 Å². The Morgan fingerprint density at radius 3 is 2.50 bits per heavy atom. The molecule has 1 aromatic carbocycles. The summed E-state index contributed by atoms with van der Waals surface area (Å²) in [5, 5.41) is 3.03.